The highest BCUT2D eigenvalue weighted by Gasteiger charge is 2.16. The van der Waals surface area contributed by atoms with Crippen LogP contribution in [0.3, 0.4) is 0 Å². The molecule has 0 saturated heterocycles. The van der Waals surface area contributed by atoms with Gasteiger partial charge in [-0.05, 0) is 19.8 Å². The molecule has 0 saturated carbocycles. The summed E-state index contributed by atoms with van der Waals surface area (Å²) in [6.07, 6.45) is 2.77. The molecule has 5 heteroatoms. The Kier molecular flexibility index (Phi) is 7.27. The van der Waals surface area contributed by atoms with Gasteiger partial charge in [-0.3, -0.25) is 9.59 Å². The van der Waals surface area contributed by atoms with Crippen molar-refractivity contribution in [3.63, 3.8) is 0 Å². The summed E-state index contributed by atoms with van der Waals surface area (Å²) in [6.45, 7) is 5.73. The SMILES string of the molecule is C=CCC[C@@H](NC(=O)COCC)C(N)=O. The first-order valence-electron chi connectivity index (χ1n) is 4.89. The number of nitrogens with one attached hydrogen (secondary N) is 1. The molecule has 0 aliphatic rings. The number of hydrogen-bond acceptors (Lipinski definition) is 3. The zero-order valence-electron chi connectivity index (χ0n) is 8.99. The largest absolute Gasteiger partial charge is 0.372 e. The van der Waals surface area contributed by atoms with Crippen molar-refractivity contribution in [3.05, 3.63) is 12.7 Å². The predicted octanol–water partition coefficient (Wildman–Crippen LogP) is -0.0408. The summed E-state index contributed by atoms with van der Waals surface area (Å²) in [7, 11) is 0. The molecule has 0 aliphatic heterocycles. The van der Waals surface area contributed by atoms with Crippen molar-refractivity contribution in [2.24, 2.45) is 5.73 Å². The summed E-state index contributed by atoms with van der Waals surface area (Å²) >= 11 is 0. The van der Waals surface area contributed by atoms with Gasteiger partial charge in [-0.2, -0.15) is 0 Å². The molecule has 15 heavy (non-hydrogen) atoms. The molecule has 0 unspecified atom stereocenters. The molecule has 0 aromatic rings. The summed E-state index contributed by atoms with van der Waals surface area (Å²) in [4.78, 5) is 22.2. The van der Waals surface area contributed by atoms with Crippen molar-refractivity contribution in [2.75, 3.05) is 13.2 Å². The van der Waals surface area contributed by atoms with Gasteiger partial charge in [0.2, 0.25) is 11.8 Å². The van der Waals surface area contributed by atoms with Crippen molar-refractivity contribution in [3.8, 4) is 0 Å². The minimum Gasteiger partial charge on any atom is -0.372 e. The average Bonchev–Trinajstić information content (AvgIpc) is 2.20. The Morgan fingerprint density at radius 1 is 1.60 bits per heavy atom. The first-order chi connectivity index (χ1) is 7.11. The molecule has 0 fully saturated rings. The second kappa shape index (κ2) is 7.99. The fraction of sp³-hybridized carbons (Fsp3) is 0.600. The summed E-state index contributed by atoms with van der Waals surface area (Å²) < 4.78 is 4.90. The summed E-state index contributed by atoms with van der Waals surface area (Å²) in [5, 5.41) is 2.50. The highest BCUT2D eigenvalue weighted by molar-refractivity contribution is 5.86. The van der Waals surface area contributed by atoms with E-state index in [1.165, 1.54) is 0 Å². The van der Waals surface area contributed by atoms with Gasteiger partial charge in [0.05, 0.1) is 0 Å². The molecule has 5 nitrogen and oxygen atoms in total. The minimum absolute atomic E-state index is 0.0473. The number of allylic oxidation sites excluding steroid dienone is 1. The maximum absolute atomic E-state index is 11.2. The predicted molar refractivity (Wildman–Crippen MR) is 57.0 cm³/mol. The molecule has 0 aromatic heterocycles. The lowest BCUT2D eigenvalue weighted by molar-refractivity contribution is -0.130. The highest BCUT2D eigenvalue weighted by atomic mass is 16.5. The Bertz CT molecular complexity index is 229. The number of rotatable bonds is 8. The quantitative estimate of drug-likeness (QED) is 0.556. The van der Waals surface area contributed by atoms with E-state index < -0.39 is 11.9 Å². The van der Waals surface area contributed by atoms with Gasteiger partial charge in [0, 0.05) is 6.61 Å². The van der Waals surface area contributed by atoms with Crippen LogP contribution in [0.1, 0.15) is 19.8 Å². The molecule has 0 aliphatic carbocycles. The van der Waals surface area contributed by atoms with E-state index in [0.29, 0.717) is 19.4 Å². The van der Waals surface area contributed by atoms with Crippen LogP contribution in [-0.4, -0.2) is 31.1 Å². The van der Waals surface area contributed by atoms with Crippen LogP contribution in [0.15, 0.2) is 12.7 Å². The van der Waals surface area contributed by atoms with E-state index in [1.54, 1.807) is 13.0 Å². The zero-order valence-corrected chi connectivity index (χ0v) is 8.99. The molecule has 0 radical (unpaired) electrons. The number of carbonyl (C=O) groups is 2. The lowest BCUT2D eigenvalue weighted by atomic mass is 10.1. The number of ether oxygens (including phenoxy) is 1. The van der Waals surface area contributed by atoms with Gasteiger partial charge < -0.3 is 15.8 Å². The number of hydrogen-bond donors (Lipinski definition) is 2. The van der Waals surface area contributed by atoms with Crippen LogP contribution in [0.2, 0.25) is 0 Å². The fourth-order valence-electron chi connectivity index (χ4n) is 1.00. The number of nitrogens with two attached hydrogens (primary N) is 1. The van der Waals surface area contributed by atoms with Gasteiger partial charge in [0.15, 0.2) is 0 Å². The Morgan fingerprint density at radius 3 is 2.73 bits per heavy atom. The van der Waals surface area contributed by atoms with E-state index in [9.17, 15) is 9.59 Å². The summed E-state index contributed by atoms with van der Waals surface area (Å²) in [6, 6.07) is -0.643. The van der Waals surface area contributed by atoms with E-state index in [1.807, 2.05) is 0 Å². The van der Waals surface area contributed by atoms with Crippen LogP contribution in [-0.2, 0) is 14.3 Å². The molecule has 0 spiro atoms. The van der Waals surface area contributed by atoms with E-state index in [-0.39, 0.29) is 12.5 Å². The van der Waals surface area contributed by atoms with Crippen molar-refractivity contribution < 1.29 is 14.3 Å². The second-order valence-electron chi connectivity index (χ2n) is 3.03. The van der Waals surface area contributed by atoms with Crippen molar-refractivity contribution in [1.29, 1.82) is 0 Å². The van der Waals surface area contributed by atoms with Crippen molar-refractivity contribution in [2.45, 2.75) is 25.8 Å². The maximum atomic E-state index is 11.2. The summed E-state index contributed by atoms with van der Waals surface area (Å²) in [5.74, 6) is -0.869. The van der Waals surface area contributed by atoms with Crippen LogP contribution >= 0.6 is 0 Å². The molecule has 0 bridgehead atoms. The third kappa shape index (κ3) is 6.68. The zero-order chi connectivity index (χ0) is 11.7. The van der Waals surface area contributed by atoms with Crippen LogP contribution in [0, 0.1) is 0 Å². The number of primary amides is 1. The summed E-state index contributed by atoms with van der Waals surface area (Å²) in [5.41, 5.74) is 5.13. The van der Waals surface area contributed by atoms with E-state index in [4.69, 9.17) is 10.5 Å². The highest BCUT2D eigenvalue weighted by Crippen LogP contribution is 1.97. The van der Waals surface area contributed by atoms with Gasteiger partial charge in [-0.25, -0.2) is 0 Å². The number of amides is 2. The van der Waals surface area contributed by atoms with E-state index in [0.717, 1.165) is 0 Å². The van der Waals surface area contributed by atoms with Crippen molar-refractivity contribution in [1.82, 2.24) is 5.32 Å². The molecule has 1 atom stereocenters. The van der Waals surface area contributed by atoms with Crippen LogP contribution < -0.4 is 11.1 Å². The molecule has 2 amide bonds. The van der Waals surface area contributed by atoms with Crippen LogP contribution in [0.4, 0.5) is 0 Å². The fourth-order valence-corrected chi connectivity index (χ4v) is 1.00. The minimum atomic E-state index is -0.643. The Labute approximate surface area is 89.7 Å². The molecule has 86 valence electrons. The molecule has 0 rings (SSSR count). The maximum Gasteiger partial charge on any atom is 0.246 e. The van der Waals surface area contributed by atoms with Gasteiger partial charge in [-0.15, -0.1) is 6.58 Å². The van der Waals surface area contributed by atoms with Crippen LogP contribution in [0.5, 0.6) is 0 Å². The second-order valence-corrected chi connectivity index (χ2v) is 3.03. The third-order valence-electron chi connectivity index (χ3n) is 1.78. The molecule has 0 aromatic carbocycles. The van der Waals surface area contributed by atoms with E-state index >= 15 is 0 Å². The Morgan fingerprint density at radius 2 is 2.27 bits per heavy atom. The third-order valence-corrected chi connectivity index (χ3v) is 1.78. The molecule has 0 heterocycles. The lowest BCUT2D eigenvalue weighted by Crippen LogP contribution is -2.45. The van der Waals surface area contributed by atoms with Gasteiger partial charge in [-0.1, -0.05) is 6.08 Å². The van der Waals surface area contributed by atoms with Gasteiger partial charge in [0.25, 0.3) is 0 Å². The average molecular weight is 214 g/mol. The molecular weight excluding hydrogens is 196 g/mol. The Balaban J connectivity index is 3.98. The number of carbonyl (C=O) groups excluding carboxylic acids is 2. The Hall–Kier alpha value is -1.36. The molecule has 3 N–H and O–H groups in total. The molecular formula is C10H18N2O3. The normalized spacial score (nSPS) is 11.8. The smallest absolute Gasteiger partial charge is 0.246 e. The van der Waals surface area contributed by atoms with E-state index in [2.05, 4.69) is 11.9 Å². The first-order valence-corrected chi connectivity index (χ1v) is 4.89. The topological polar surface area (TPSA) is 81.4 Å². The van der Waals surface area contributed by atoms with Crippen LogP contribution in [0.25, 0.3) is 0 Å². The van der Waals surface area contributed by atoms with Gasteiger partial charge in [0.1, 0.15) is 12.6 Å². The lowest BCUT2D eigenvalue weighted by Gasteiger charge is -2.14. The van der Waals surface area contributed by atoms with Gasteiger partial charge >= 0.3 is 0 Å². The first kappa shape index (κ1) is 13.6. The monoisotopic (exact) mass is 214 g/mol. The van der Waals surface area contributed by atoms with Crippen molar-refractivity contribution >= 4 is 11.8 Å². The standard InChI is InChI=1S/C10H18N2O3/c1-3-5-6-8(10(11)14)12-9(13)7-15-4-2/h3,8H,1,4-7H2,2H3,(H2,11,14)(H,12,13)/t8-/m1/s1.